The van der Waals surface area contributed by atoms with Gasteiger partial charge in [0.25, 0.3) is 0 Å². The van der Waals surface area contributed by atoms with Crippen molar-refractivity contribution in [2.24, 2.45) is 0 Å². The fraction of sp³-hybridized carbons (Fsp3) is 0.217. The van der Waals surface area contributed by atoms with Crippen molar-refractivity contribution in [2.75, 3.05) is 13.7 Å². The van der Waals surface area contributed by atoms with Gasteiger partial charge in [-0.15, -0.1) is 0 Å². The summed E-state index contributed by atoms with van der Waals surface area (Å²) in [6.45, 7) is 1.96. The SMILES string of the molecule is CCOCc1ccc(-c2ccc(OCc3ccc(OC)c(F)c3F)cc2)c(F)c1F. The van der Waals surface area contributed by atoms with Gasteiger partial charge in [-0.05, 0) is 36.8 Å². The molecular formula is C23H20F4O3. The van der Waals surface area contributed by atoms with Crippen LogP contribution < -0.4 is 9.47 Å². The van der Waals surface area contributed by atoms with Crippen LogP contribution >= 0.6 is 0 Å². The molecule has 3 aromatic carbocycles. The molecule has 3 rings (SSSR count). The Kier molecular flexibility index (Phi) is 6.95. The predicted molar refractivity (Wildman–Crippen MR) is 104 cm³/mol. The minimum absolute atomic E-state index is 0.00513. The maximum absolute atomic E-state index is 14.4. The molecule has 0 radical (unpaired) electrons. The third-order valence-corrected chi connectivity index (χ3v) is 4.53. The van der Waals surface area contributed by atoms with E-state index in [0.29, 0.717) is 17.9 Å². The van der Waals surface area contributed by atoms with Crippen molar-refractivity contribution < 1.29 is 31.8 Å². The number of methoxy groups -OCH3 is 1. The number of hydrogen-bond donors (Lipinski definition) is 0. The van der Waals surface area contributed by atoms with Crippen LogP contribution in [0.4, 0.5) is 17.6 Å². The largest absolute Gasteiger partial charge is 0.494 e. The van der Waals surface area contributed by atoms with E-state index in [-0.39, 0.29) is 35.7 Å². The van der Waals surface area contributed by atoms with Gasteiger partial charge in [-0.2, -0.15) is 4.39 Å². The van der Waals surface area contributed by atoms with Gasteiger partial charge >= 0.3 is 0 Å². The summed E-state index contributed by atoms with van der Waals surface area (Å²) in [4.78, 5) is 0. The number of ether oxygens (including phenoxy) is 3. The van der Waals surface area contributed by atoms with Crippen LogP contribution in [0.25, 0.3) is 11.1 Å². The molecular weight excluding hydrogens is 400 g/mol. The summed E-state index contributed by atoms with van der Waals surface area (Å²) in [7, 11) is 1.25. The smallest absolute Gasteiger partial charge is 0.201 e. The Hall–Kier alpha value is -3.06. The van der Waals surface area contributed by atoms with Crippen LogP contribution in [0.2, 0.25) is 0 Å². The highest BCUT2D eigenvalue weighted by Gasteiger charge is 2.16. The molecule has 0 aliphatic carbocycles. The minimum atomic E-state index is -1.08. The molecule has 7 heteroatoms. The molecule has 0 heterocycles. The Bertz CT molecular complexity index is 1020. The molecule has 0 aromatic heterocycles. The summed E-state index contributed by atoms with van der Waals surface area (Å²) in [5.74, 6) is -3.87. The summed E-state index contributed by atoms with van der Waals surface area (Å²) in [6.07, 6.45) is 0. The van der Waals surface area contributed by atoms with Gasteiger partial charge in [-0.3, -0.25) is 0 Å². The normalized spacial score (nSPS) is 10.9. The first-order chi connectivity index (χ1) is 14.5. The van der Waals surface area contributed by atoms with Gasteiger partial charge in [0.15, 0.2) is 23.2 Å². The van der Waals surface area contributed by atoms with E-state index in [2.05, 4.69) is 0 Å². The van der Waals surface area contributed by atoms with E-state index in [0.717, 1.165) is 0 Å². The van der Waals surface area contributed by atoms with E-state index in [4.69, 9.17) is 14.2 Å². The Labute approximate surface area is 171 Å². The van der Waals surface area contributed by atoms with Gasteiger partial charge in [-0.1, -0.05) is 24.3 Å². The van der Waals surface area contributed by atoms with Crippen LogP contribution in [0.5, 0.6) is 11.5 Å². The first-order valence-electron chi connectivity index (χ1n) is 9.25. The second-order valence-corrected chi connectivity index (χ2v) is 6.41. The zero-order chi connectivity index (χ0) is 21.7. The Morgan fingerprint density at radius 2 is 1.33 bits per heavy atom. The minimum Gasteiger partial charge on any atom is -0.494 e. The quantitative estimate of drug-likeness (QED) is 0.416. The van der Waals surface area contributed by atoms with Crippen LogP contribution in [-0.2, 0) is 18.0 Å². The van der Waals surface area contributed by atoms with Gasteiger partial charge in [0.2, 0.25) is 5.82 Å². The lowest BCUT2D eigenvalue weighted by molar-refractivity contribution is 0.131. The molecule has 0 aliphatic heterocycles. The summed E-state index contributed by atoms with van der Waals surface area (Å²) >= 11 is 0. The fourth-order valence-electron chi connectivity index (χ4n) is 2.87. The van der Waals surface area contributed by atoms with Crippen LogP contribution in [-0.4, -0.2) is 13.7 Å². The van der Waals surface area contributed by atoms with E-state index >= 15 is 0 Å². The highest BCUT2D eigenvalue weighted by Crippen LogP contribution is 2.29. The number of benzene rings is 3. The van der Waals surface area contributed by atoms with E-state index < -0.39 is 23.3 Å². The molecule has 0 saturated carbocycles. The molecule has 0 aliphatic rings. The highest BCUT2D eigenvalue weighted by atomic mass is 19.2. The molecule has 0 spiro atoms. The van der Waals surface area contributed by atoms with Gasteiger partial charge in [0.05, 0.1) is 13.7 Å². The van der Waals surface area contributed by atoms with Crippen molar-refractivity contribution in [1.82, 2.24) is 0 Å². The molecule has 30 heavy (non-hydrogen) atoms. The second-order valence-electron chi connectivity index (χ2n) is 6.41. The monoisotopic (exact) mass is 420 g/mol. The summed E-state index contributed by atoms with van der Waals surface area (Å²) in [5, 5.41) is 0. The van der Waals surface area contributed by atoms with Crippen molar-refractivity contribution in [2.45, 2.75) is 20.1 Å². The summed E-state index contributed by atoms with van der Waals surface area (Å²) < 4.78 is 71.8. The fourth-order valence-corrected chi connectivity index (χ4v) is 2.87. The lowest BCUT2D eigenvalue weighted by Gasteiger charge is -2.11. The number of hydrogen-bond acceptors (Lipinski definition) is 3. The standard InChI is InChI=1S/C23H20F4O3/c1-3-29-12-15-6-10-18(22(26)20(15)24)14-4-8-17(9-5-14)30-13-16-7-11-19(28-2)23(27)21(16)25/h4-11H,3,12-13H2,1-2H3. The van der Waals surface area contributed by atoms with Gasteiger partial charge < -0.3 is 14.2 Å². The number of rotatable bonds is 8. The van der Waals surface area contributed by atoms with E-state index in [1.165, 1.54) is 31.4 Å². The van der Waals surface area contributed by atoms with Gasteiger partial charge in [-0.25, -0.2) is 13.2 Å². The Balaban J connectivity index is 1.73. The molecule has 0 atom stereocenters. The highest BCUT2D eigenvalue weighted by molar-refractivity contribution is 5.65. The van der Waals surface area contributed by atoms with Gasteiger partial charge in [0.1, 0.15) is 12.4 Å². The first kappa shape index (κ1) is 21.6. The molecule has 0 fully saturated rings. The third-order valence-electron chi connectivity index (χ3n) is 4.53. The molecule has 0 bridgehead atoms. The molecule has 3 aromatic rings. The van der Waals surface area contributed by atoms with Crippen molar-refractivity contribution in [3.8, 4) is 22.6 Å². The third kappa shape index (κ3) is 4.57. The maximum Gasteiger partial charge on any atom is 0.201 e. The van der Waals surface area contributed by atoms with E-state index in [9.17, 15) is 17.6 Å². The summed E-state index contributed by atoms with van der Waals surface area (Å²) in [5.41, 5.74) is 0.716. The zero-order valence-corrected chi connectivity index (χ0v) is 16.5. The lowest BCUT2D eigenvalue weighted by atomic mass is 10.0. The predicted octanol–water partition coefficient (Wildman–Crippen LogP) is 6.03. The van der Waals surface area contributed by atoms with Crippen LogP contribution in [0, 0.1) is 23.3 Å². The Morgan fingerprint density at radius 3 is 2.00 bits per heavy atom. The average Bonchev–Trinajstić information content (AvgIpc) is 2.76. The topological polar surface area (TPSA) is 27.7 Å². The average molecular weight is 420 g/mol. The number of halogens is 4. The molecule has 0 N–H and O–H groups in total. The van der Waals surface area contributed by atoms with E-state index in [1.54, 1.807) is 31.2 Å². The molecule has 0 saturated heterocycles. The van der Waals surface area contributed by atoms with Crippen LogP contribution in [0.1, 0.15) is 18.1 Å². The van der Waals surface area contributed by atoms with Crippen molar-refractivity contribution in [3.63, 3.8) is 0 Å². The second kappa shape index (κ2) is 9.63. The lowest BCUT2D eigenvalue weighted by Crippen LogP contribution is -2.02. The molecule has 158 valence electrons. The molecule has 0 amide bonds. The van der Waals surface area contributed by atoms with Crippen molar-refractivity contribution in [1.29, 1.82) is 0 Å². The maximum atomic E-state index is 14.4. The first-order valence-corrected chi connectivity index (χ1v) is 9.25. The molecule has 0 unspecified atom stereocenters. The van der Waals surface area contributed by atoms with Crippen molar-refractivity contribution >= 4 is 0 Å². The van der Waals surface area contributed by atoms with Gasteiger partial charge in [0, 0.05) is 23.3 Å². The van der Waals surface area contributed by atoms with Crippen LogP contribution in [0.15, 0.2) is 48.5 Å². The zero-order valence-electron chi connectivity index (χ0n) is 16.5. The summed E-state index contributed by atoms with van der Waals surface area (Å²) in [6, 6.07) is 11.8. The van der Waals surface area contributed by atoms with E-state index in [1.807, 2.05) is 0 Å². The van der Waals surface area contributed by atoms with Crippen molar-refractivity contribution in [3.05, 3.63) is 82.9 Å². The van der Waals surface area contributed by atoms with Crippen LogP contribution in [0.3, 0.4) is 0 Å². The Morgan fingerprint density at radius 1 is 0.700 bits per heavy atom. The molecule has 3 nitrogen and oxygen atoms in total.